The van der Waals surface area contributed by atoms with E-state index in [1.165, 1.54) is 57.8 Å². The van der Waals surface area contributed by atoms with Gasteiger partial charge in [0.1, 0.15) is 19.3 Å². The first-order chi connectivity index (χ1) is 50.7. The van der Waals surface area contributed by atoms with Gasteiger partial charge in [-0.15, -0.1) is 0 Å². The summed E-state index contributed by atoms with van der Waals surface area (Å²) < 4.78 is 68.5. The third-order valence-corrected chi connectivity index (χ3v) is 18.2. The Kier molecular flexibility index (Phi) is 72.4. The molecule has 5 atom stereocenters. The fourth-order valence-corrected chi connectivity index (χ4v) is 11.8. The van der Waals surface area contributed by atoms with E-state index < -0.39 is 97.5 Å². The molecule has 0 spiro atoms. The van der Waals surface area contributed by atoms with Crippen molar-refractivity contribution in [3.63, 3.8) is 0 Å². The summed E-state index contributed by atoms with van der Waals surface area (Å²) in [6.07, 6.45) is 86.9. The van der Waals surface area contributed by atoms with Crippen molar-refractivity contribution in [3.05, 3.63) is 146 Å². The Hall–Kier alpha value is -5.06. The van der Waals surface area contributed by atoms with E-state index >= 15 is 0 Å². The van der Waals surface area contributed by atoms with Crippen LogP contribution in [0, 0.1) is 0 Å². The van der Waals surface area contributed by atoms with Crippen molar-refractivity contribution in [2.24, 2.45) is 0 Å². The van der Waals surface area contributed by atoms with Crippen LogP contribution >= 0.6 is 15.6 Å². The number of aliphatic hydroxyl groups excluding tert-OH is 1. The number of phosphoric acid groups is 2. The normalized spacial score (nSPS) is 14.6. The Morgan fingerprint density at radius 1 is 0.279 bits per heavy atom. The topological polar surface area (TPSA) is 237 Å². The van der Waals surface area contributed by atoms with Gasteiger partial charge in [-0.25, -0.2) is 9.13 Å². The van der Waals surface area contributed by atoms with E-state index in [0.717, 1.165) is 167 Å². The molecule has 0 radical (unpaired) electrons. The molecular weight excluding hydrogens is 1350 g/mol. The Labute approximate surface area is 630 Å². The maximum Gasteiger partial charge on any atom is 0.472 e. The minimum Gasteiger partial charge on any atom is -0.462 e. The smallest absolute Gasteiger partial charge is 0.462 e. The molecule has 104 heavy (non-hydrogen) atoms. The van der Waals surface area contributed by atoms with Gasteiger partial charge in [0.2, 0.25) is 0 Å². The number of carbonyl (C=O) groups excluding carboxylic acids is 4. The van der Waals surface area contributed by atoms with Crippen LogP contribution in [-0.4, -0.2) is 96.7 Å². The first kappa shape index (κ1) is 98.9. The van der Waals surface area contributed by atoms with Crippen LogP contribution in [0.15, 0.2) is 146 Å². The Balaban J connectivity index is 5.46. The summed E-state index contributed by atoms with van der Waals surface area (Å²) in [5.41, 5.74) is 0. The van der Waals surface area contributed by atoms with Crippen LogP contribution in [0.2, 0.25) is 0 Å². The Morgan fingerprint density at radius 3 is 0.837 bits per heavy atom. The Morgan fingerprint density at radius 2 is 0.510 bits per heavy atom. The molecule has 0 aromatic heterocycles. The van der Waals surface area contributed by atoms with Gasteiger partial charge in [-0.3, -0.25) is 37.3 Å². The van der Waals surface area contributed by atoms with Gasteiger partial charge in [-0.2, -0.15) is 0 Å². The number of unbranched alkanes of at least 4 members (excludes halogenated alkanes) is 24. The number of hydrogen-bond acceptors (Lipinski definition) is 15. The zero-order valence-corrected chi connectivity index (χ0v) is 66.7. The predicted molar refractivity (Wildman–Crippen MR) is 427 cm³/mol. The minimum absolute atomic E-state index is 0.0681. The molecule has 0 amide bonds. The number of hydrogen-bond donors (Lipinski definition) is 3. The number of esters is 4. The molecule has 0 saturated heterocycles. The van der Waals surface area contributed by atoms with Gasteiger partial charge in [0.05, 0.1) is 26.4 Å². The molecule has 0 saturated carbocycles. The largest absolute Gasteiger partial charge is 0.472 e. The molecule has 0 fully saturated rings. The van der Waals surface area contributed by atoms with Crippen LogP contribution in [-0.2, 0) is 65.4 Å². The first-order valence-electron chi connectivity index (χ1n) is 40.1. The average Bonchev–Trinajstić information content (AvgIpc) is 0.937. The lowest BCUT2D eigenvalue weighted by atomic mass is 10.1. The van der Waals surface area contributed by atoms with E-state index in [9.17, 15) is 43.2 Å². The van der Waals surface area contributed by atoms with Crippen molar-refractivity contribution in [1.82, 2.24) is 0 Å². The number of ether oxygens (including phenoxy) is 4. The van der Waals surface area contributed by atoms with Gasteiger partial charge in [0.15, 0.2) is 12.2 Å². The monoisotopic (exact) mass is 1500 g/mol. The summed E-state index contributed by atoms with van der Waals surface area (Å²) >= 11 is 0. The van der Waals surface area contributed by atoms with Gasteiger partial charge in [0.25, 0.3) is 0 Å². The molecule has 0 bridgehead atoms. The van der Waals surface area contributed by atoms with Gasteiger partial charge >= 0.3 is 39.5 Å². The molecule has 3 N–H and O–H groups in total. The van der Waals surface area contributed by atoms with E-state index in [-0.39, 0.29) is 25.7 Å². The molecule has 0 heterocycles. The van der Waals surface area contributed by atoms with Crippen molar-refractivity contribution < 1.29 is 80.2 Å². The second-order valence-corrected chi connectivity index (χ2v) is 29.1. The number of rotatable bonds is 74. The highest BCUT2D eigenvalue weighted by Gasteiger charge is 2.30. The van der Waals surface area contributed by atoms with Gasteiger partial charge in [-0.05, 0) is 161 Å². The molecule has 594 valence electrons. The van der Waals surface area contributed by atoms with Crippen LogP contribution < -0.4 is 0 Å². The molecular formula is C85H142O17P2. The number of aliphatic hydroxyl groups is 1. The van der Waals surface area contributed by atoms with Crippen molar-refractivity contribution >= 4 is 39.5 Å². The molecule has 0 aromatic carbocycles. The number of phosphoric ester groups is 2. The zero-order valence-electron chi connectivity index (χ0n) is 64.9. The van der Waals surface area contributed by atoms with Gasteiger partial charge in [-0.1, -0.05) is 270 Å². The zero-order chi connectivity index (χ0) is 76.0. The van der Waals surface area contributed by atoms with Crippen molar-refractivity contribution in [2.45, 2.75) is 329 Å². The maximum atomic E-state index is 13.1. The van der Waals surface area contributed by atoms with Crippen LogP contribution in [0.3, 0.4) is 0 Å². The summed E-state index contributed by atoms with van der Waals surface area (Å²) in [5, 5.41) is 10.6. The van der Waals surface area contributed by atoms with Crippen LogP contribution in [0.5, 0.6) is 0 Å². The second-order valence-electron chi connectivity index (χ2n) is 26.2. The van der Waals surface area contributed by atoms with Crippen LogP contribution in [0.1, 0.15) is 310 Å². The third kappa shape index (κ3) is 75.2. The highest BCUT2D eigenvalue weighted by Crippen LogP contribution is 2.45. The highest BCUT2D eigenvalue weighted by molar-refractivity contribution is 7.47. The van der Waals surface area contributed by atoms with Crippen molar-refractivity contribution in [2.75, 3.05) is 39.6 Å². The highest BCUT2D eigenvalue weighted by atomic mass is 31.2. The van der Waals surface area contributed by atoms with Crippen molar-refractivity contribution in [1.29, 1.82) is 0 Å². The lowest BCUT2D eigenvalue weighted by Crippen LogP contribution is -2.30. The minimum atomic E-state index is -5.00. The average molecular weight is 1500 g/mol. The summed E-state index contributed by atoms with van der Waals surface area (Å²) in [7, 11) is -9.99. The van der Waals surface area contributed by atoms with E-state index in [1.54, 1.807) is 0 Å². The molecule has 5 unspecified atom stereocenters. The Bertz CT molecular complexity index is 2540. The van der Waals surface area contributed by atoms with Crippen LogP contribution in [0.25, 0.3) is 0 Å². The summed E-state index contributed by atoms with van der Waals surface area (Å²) in [6, 6.07) is 0. The first-order valence-corrected chi connectivity index (χ1v) is 43.1. The third-order valence-electron chi connectivity index (χ3n) is 16.3. The summed E-state index contributed by atoms with van der Waals surface area (Å²) in [6.45, 7) is 4.50. The molecule has 0 aromatic rings. The lowest BCUT2D eigenvalue weighted by Gasteiger charge is -2.21. The standard InChI is InChI=1S/C85H142O17P2/c1-5-9-13-17-21-25-29-33-37-39-43-45-49-53-57-61-65-69-82(87)95-75-80(101-84(89)71-67-63-59-55-51-47-41-35-31-27-23-19-15-11-7-3)77-99-103(91,92)97-73-79(86)74-98-104(93,94)100-78-81(102-85(90)72-68-64-60-56-52-48-42-36-32-28-24-20-16-12-8-4)76-96-83(88)70-66-62-58-54-50-46-44-40-38-34-30-26-22-18-14-10-6-2/h9-10,13-14,21-23,25-27,33-38,41-46,54,58,79-81,86H,5-8,11-12,15-20,24,28-32,39-40,47-53,55-57,59-78H2,1-4H3,(H,91,92)(H,93,94)/b13-9-,14-10-,25-21-,26-22-,27-23-,37-33-,38-34-,41-35-,42-36-,45-43-,46-44-,58-54-. The molecule has 0 rings (SSSR count). The van der Waals surface area contributed by atoms with E-state index in [4.69, 9.17) is 37.0 Å². The molecule has 19 heteroatoms. The quantitative estimate of drug-likeness (QED) is 0.0169. The molecule has 0 aliphatic carbocycles. The van der Waals surface area contributed by atoms with Gasteiger partial charge < -0.3 is 33.8 Å². The second kappa shape index (κ2) is 76.1. The number of carbonyl (C=O) groups is 4. The lowest BCUT2D eigenvalue weighted by molar-refractivity contribution is -0.161. The fourth-order valence-electron chi connectivity index (χ4n) is 10.2. The fraction of sp³-hybridized carbons (Fsp3) is 0.671. The van der Waals surface area contributed by atoms with Gasteiger partial charge in [0, 0.05) is 25.7 Å². The van der Waals surface area contributed by atoms with Crippen LogP contribution in [0.4, 0.5) is 0 Å². The number of allylic oxidation sites excluding steroid dienone is 24. The van der Waals surface area contributed by atoms with E-state index in [1.807, 2.05) is 12.2 Å². The molecule has 0 aliphatic rings. The summed E-state index contributed by atoms with van der Waals surface area (Å²) in [5.74, 6) is -2.30. The SMILES string of the molecule is CC/C=C\C/C=C\C/C=C\C/C=C\C/C=C\CCCC(=O)OCC(COP(=O)(O)OCC(O)COP(=O)(O)OCC(COC(=O)CCCCCC/C=C\C/C=C\C/C=C\C/C=C\CC)OC(=O)CCCCCCC/C=C\C/C=C\CCCCC)OC(=O)CCCCCCC/C=C\CCCCCCCC. The predicted octanol–water partition coefficient (Wildman–Crippen LogP) is 23.4. The molecule has 0 aliphatic heterocycles. The summed E-state index contributed by atoms with van der Waals surface area (Å²) in [4.78, 5) is 73.0. The maximum absolute atomic E-state index is 13.1. The molecule has 17 nitrogen and oxygen atoms in total. The van der Waals surface area contributed by atoms with Crippen molar-refractivity contribution in [3.8, 4) is 0 Å². The van der Waals surface area contributed by atoms with E-state index in [2.05, 4.69) is 161 Å². The van der Waals surface area contributed by atoms with E-state index in [0.29, 0.717) is 32.1 Å².